The van der Waals surface area contributed by atoms with Gasteiger partial charge in [0, 0.05) is 18.3 Å². The van der Waals surface area contributed by atoms with Gasteiger partial charge in [0.1, 0.15) is 0 Å². The number of fused-ring (bicyclic) bond motifs is 4. The molecule has 1 aromatic carbocycles. The summed E-state index contributed by atoms with van der Waals surface area (Å²) in [6, 6.07) is 8.07. The van der Waals surface area contributed by atoms with E-state index in [4.69, 9.17) is 9.47 Å². The number of hydrogen-bond acceptors (Lipinski definition) is 5. The summed E-state index contributed by atoms with van der Waals surface area (Å²) in [7, 11) is 2.95. The van der Waals surface area contributed by atoms with E-state index in [-0.39, 0.29) is 23.8 Å². The van der Waals surface area contributed by atoms with Crippen LogP contribution in [0.15, 0.2) is 36.1 Å². The highest BCUT2D eigenvalue weighted by Gasteiger charge is 2.60. The summed E-state index contributed by atoms with van der Waals surface area (Å²) >= 11 is 0. The number of carbonyl (C=O) groups excluding carboxylic acids is 2. The Hall–Kier alpha value is -2.34. The second kappa shape index (κ2) is 7.24. The summed E-state index contributed by atoms with van der Waals surface area (Å²) in [5.41, 5.74) is 2.05. The molecule has 0 bridgehead atoms. The van der Waals surface area contributed by atoms with Crippen LogP contribution in [0.4, 0.5) is 5.69 Å². The topological polar surface area (TPSA) is 67.9 Å². The predicted octanol–water partition coefficient (Wildman–Crippen LogP) is 2.70. The van der Waals surface area contributed by atoms with Crippen LogP contribution in [-0.2, 0) is 24.5 Å². The van der Waals surface area contributed by atoms with Gasteiger partial charge in [0.25, 0.3) is 0 Å². The fourth-order valence-corrected chi connectivity index (χ4v) is 5.63. The number of ether oxygens (including phenoxy) is 2. The zero-order valence-electron chi connectivity index (χ0n) is 16.7. The molecule has 0 aliphatic carbocycles. The molecule has 3 aliphatic heterocycles. The maximum atomic E-state index is 13.2. The summed E-state index contributed by atoms with van der Waals surface area (Å²) in [4.78, 5) is 28.1. The maximum absolute atomic E-state index is 13.2. The van der Waals surface area contributed by atoms with Crippen LogP contribution in [0.5, 0.6) is 0 Å². The fraction of sp³-hybridized carbons (Fsp3) is 0.545. The molecule has 1 spiro atoms. The first-order chi connectivity index (χ1) is 13.6. The number of hydrogen-bond donors (Lipinski definition) is 1. The Morgan fingerprint density at radius 3 is 2.86 bits per heavy atom. The van der Waals surface area contributed by atoms with Gasteiger partial charge in [-0.3, -0.25) is 9.69 Å². The van der Waals surface area contributed by atoms with Crippen LogP contribution in [0.25, 0.3) is 0 Å². The number of piperidine rings is 1. The Kier molecular flexibility index (Phi) is 4.91. The molecule has 0 aromatic heterocycles. The third-order valence-corrected chi connectivity index (χ3v) is 6.97. The van der Waals surface area contributed by atoms with E-state index in [1.807, 2.05) is 18.2 Å². The monoisotopic (exact) mass is 384 g/mol. The van der Waals surface area contributed by atoms with Crippen molar-refractivity contribution in [2.45, 2.75) is 37.6 Å². The number of esters is 1. The predicted molar refractivity (Wildman–Crippen MR) is 106 cm³/mol. The van der Waals surface area contributed by atoms with Gasteiger partial charge in [0.05, 0.1) is 31.5 Å². The number of anilines is 1. The quantitative estimate of drug-likeness (QED) is 0.491. The van der Waals surface area contributed by atoms with Crippen molar-refractivity contribution in [1.82, 2.24) is 4.90 Å². The number of carbonyl (C=O) groups is 2. The van der Waals surface area contributed by atoms with Gasteiger partial charge in [0.2, 0.25) is 5.91 Å². The summed E-state index contributed by atoms with van der Waals surface area (Å²) in [6.45, 7) is 3.93. The number of rotatable bonds is 4. The molecular weight excluding hydrogens is 356 g/mol. The van der Waals surface area contributed by atoms with Gasteiger partial charge < -0.3 is 14.8 Å². The van der Waals surface area contributed by atoms with E-state index < -0.39 is 5.41 Å². The van der Waals surface area contributed by atoms with Gasteiger partial charge >= 0.3 is 5.97 Å². The lowest BCUT2D eigenvalue weighted by Crippen LogP contribution is -2.53. The summed E-state index contributed by atoms with van der Waals surface area (Å²) < 4.78 is 10.3. The highest BCUT2D eigenvalue weighted by molar-refractivity contribution is 6.07. The van der Waals surface area contributed by atoms with E-state index in [1.165, 1.54) is 13.4 Å². The number of benzene rings is 1. The molecule has 28 heavy (non-hydrogen) atoms. The third-order valence-electron chi connectivity index (χ3n) is 6.97. The number of amides is 1. The highest BCUT2D eigenvalue weighted by atomic mass is 16.5. The second-order valence-electron chi connectivity index (χ2n) is 8.04. The Morgan fingerprint density at radius 1 is 1.36 bits per heavy atom. The van der Waals surface area contributed by atoms with Crippen molar-refractivity contribution < 1.29 is 19.1 Å². The third kappa shape index (κ3) is 2.65. The molecule has 1 amide bonds. The minimum Gasteiger partial charge on any atom is -0.504 e. The molecule has 6 nitrogen and oxygen atoms in total. The van der Waals surface area contributed by atoms with Crippen molar-refractivity contribution >= 4 is 17.6 Å². The second-order valence-corrected chi connectivity index (χ2v) is 8.04. The minimum absolute atomic E-state index is 0.00851. The molecule has 2 fully saturated rings. The summed E-state index contributed by atoms with van der Waals surface area (Å²) in [6.07, 6.45) is 4.04. The zero-order chi connectivity index (χ0) is 19.9. The Morgan fingerprint density at radius 2 is 2.14 bits per heavy atom. The first-order valence-electron chi connectivity index (χ1n) is 10.0. The molecule has 4 rings (SSSR count). The van der Waals surface area contributed by atoms with Crippen LogP contribution in [-0.4, -0.2) is 50.1 Å². The Labute approximate surface area is 165 Å². The maximum Gasteiger partial charge on any atom is 0.337 e. The van der Waals surface area contributed by atoms with E-state index in [9.17, 15) is 9.59 Å². The van der Waals surface area contributed by atoms with Crippen molar-refractivity contribution in [2.75, 3.05) is 32.6 Å². The lowest BCUT2D eigenvalue weighted by molar-refractivity contribution is -0.137. The van der Waals surface area contributed by atoms with Crippen molar-refractivity contribution in [1.29, 1.82) is 0 Å². The molecular formula is C22H28N2O4. The first kappa shape index (κ1) is 19.0. The molecule has 0 radical (unpaired) electrons. The average molecular weight is 384 g/mol. The molecule has 1 N–H and O–H groups in total. The van der Waals surface area contributed by atoms with E-state index in [0.717, 1.165) is 43.6 Å². The van der Waals surface area contributed by atoms with Crippen molar-refractivity contribution in [3.05, 3.63) is 41.7 Å². The number of nitrogens with zero attached hydrogens (tertiary/aromatic N) is 1. The van der Waals surface area contributed by atoms with Crippen LogP contribution < -0.4 is 5.32 Å². The highest BCUT2D eigenvalue weighted by Crippen LogP contribution is 2.53. The van der Waals surface area contributed by atoms with E-state index in [0.29, 0.717) is 11.5 Å². The largest absolute Gasteiger partial charge is 0.504 e. The molecule has 0 unspecified atom stereocenters. The molecule has 3 heterocycles. The molecule has 1 aromatic rings. The summed E-state index contributed by atoms with van der Waals surface area (Å²) in [5, 5.41) is 3.10. The van der Waals surface area contributed by atoms with Gasteiger partial charge in [0.15, 0.2) is 0 Å². The van der Waals surface area contributed by atoms with Crippen molar-refractivity contribution in [3.63, 3.8) is 0 Å². The number of nitrogens with one attached hydrogen (secondary N) is 1. The number of para-hydroxylation sites is 1. The van der Waals surface area contributed by atoms with Crippen LogP contribution in [0.3, 0.4) is 0 Å². The number of methoxy groups -OCH3 is 2. The van der Waals surface area contributed by atoms with Gasteiger partial charge in [-0.1, -0.05) is 31.5 Å². The standard InChI is InChI=1S/C22H28N2O4/c1-4-14-12-24-10-9-22(17-7-5-6-8-18(17)23-21(22)26)19(24)11-15(14)16(13-27-2)20(25)28-3/h5-8,13-15,19H,4,9-12H2,1-3H3,(H,23,26)/b16-13+/t14-,15-,19+,22+/m0/s1. The van der Waals surface area contributed by atoms with E-state index in [2.05, 4.69) is 23.2 Å². The molecule has 4 atom stereocenters. The van der Waals surface area contributed by atoms with Crippen LogP contribution in [0.1, 0.15) is 31.7 Å². The van der Waals surface area contributed by atoms with Gasteiger partial charge in [-0.05, 0) is 42.9 Å². The van der Waals surface area contributed by atoms with Crippen molar-refractivity contribution in [3.8, 4) is 0 Å². The lowest BCUT2D eigenvalue weighted by Gasteiger charge is -2.45. The molecule has 150 valence electrons. The van der Waals surface area contributed by atoms with Crippen molar-refractivity contribution in [2.24, 2.45) is 11.8 Å². The summed E-state index contributed by atoms with van der Waals surface area (Å²) in [5.74, 6) is 0.0769. The SMILES string of the molecule is CC[C@H]1CN2CC[C@]3(C(=O)Nc4ccccc43)[C@H]2C[C@@H]1/C(=C\OC)C(=O)OC. The van der Waals surface area contributed by atoms with E-state index >= 15 is 0 Å². The lowest BCUT2D eigenvalue weighted by atomic mass is 9.67. The zero-order valence-corrected chi connectivity index (χ0v) is 16.7. The van der Waals surface area contributed by atoms with E-state index in [1.54, 1.807) is 7.11 Å². The molecule has 6 heteroatoms. The fourth-order valence-electron chi connectivity index (χ4n) is 5.63. The van der Waals surface area contributed by atoms with Gasteiger partial charge in [-0.15, -0.1) is 0 Å². The minimum atomic E-state index is -0.540. The Bertz CT molecular complexity index is 821. The molecule has 3 aliphatic rings. The molecule has 0 saturated carbocycles. The van der Waals surface area contributed by atoms with Crippen LogP contribution in [0, 0.1) is 11.8 Å². The van der Waals surface area contributed by atoms with Gasteiger partial charge in [-0.25, -0.2) is 4.79 Å². The normalized spacial score (nSPS) is 32.0. The molecule has 2 saturated heterocycles. The smallest absolute Gasteiger partial charge is 0.337 e. The van der Waals surface area contributed by atoms with Crippen LogP contribution in [0.2, 0.25) is 0 Å². The first-order valence-corrected chi connectivity index (χ1v) is 10.0. The Balaban J connectivity index is 1.74. The van der Waals surface area contributed by atoms with Crippen LogP contribution >= 0.6 is 0 Å². The average Bonchev–Trinajstić information content (AvgIpc) is 3.23. The van der Waals surface area contributed by atoms with Gasteiger partial charge in [-0.2, -0.15) is 0 Å².